The van der Waals surface area contributed by atoms with Crippen molar-refractivity contribution in [3.8, 4) is 22.5 Å². The number of nitrogens with zero attached hydrogens (tertiary/aromatic N) is 4. The third kappa shape index (κ3) is 6.41. The molecular formula is C30H25N7O2. The number of carbonyl (C=O) groups excluding carboxylic acids is 1. The quantitative estimate of drug-likeness (QED) is 0.152. The number of nitrogen functional groups attached to an aromatic ring is 1. The molecule has 39 heavy (non-hydrogen) atoms. The molecule has 0 amide bonds. The highest BCUT2D eigenvalue weighted by atomic mass is 16.5. The van der Waals surface area contributed by atoms with Crippen molar-refractivity contribution in [2.24, 2.45) is 10.7 Å². The van der Waals surface area contributed by atoms with Gasteiger partial charge in [0.2, 0.25) is 0 Å². The fourth-order valence-corrected chi connectivity index (χ4v) is 3.78. The van der Waals surface area contributed by atoms with Crippen molar-refractivity contribution in [3.63, 3.8) is 0 Å². The van der Waals surface area contributed by atoms with Gasteiger partial charge in [0, 0.05) is 22.4 Å². The van der Waals surface area contributed by atoms with Crippen molar-refractivity contribution in [1.29, 1.82) is 0 Å². The molecular weight excluding hydrogens is 490 g/mol. The third-order valence-electron chi connectivity index (χ3n) is 5.80. The van der Waals surface area contributed by atoms with Crippen LogP contribution >= 0.6 is 0 Å². The molecule has 0 spiro atoms. The van der Waals surface area contributed by atoms with Gasteiger partial charge in [-0.3, -0.25) is 4.98 Å². The van der Waals surface area contributed by atoms with Crippen LogP contribution in [0.2, 0.25) is 0 Å². The number of aromatic nitrogens is 3. The van der Waals surface area contributed by atoms with Crippen LogP contribution in [0.15, 0.2) is 114 Å². The molecule has 0 saturated carbocycles. The average Bonchev–Trinajstić information content (AvgIpc) is 2.98. The van der Waals surface area contributed by atoms with Crippen LogP contribution in [0.5, 0.6) is 0 Å². The molecule has 0 bridgehead atoms. The zero-order chi connectivity index (χ0) is 27.0. The Labute approximate surface area is 225 Å². The third-order valence-corrected chi connectivity index (χ3v) is 5.80. The van der Waals surface area contributed by atoms with Gasteiger partial charge in [-0.2, -0.15) is 4.99 Å². The number of ether oxygens (including phenoxy) is 1. The van der Waals surface area contributed by atoms with Gasteiger partial charge >= 0.3 is 5.97 Å². The van der Waals surface area contributed by atoms with E-state index in [2.05, 4.69) is 25.5 Å². The summed E-state index contributed by atoms with van der Waals surface area (Å²) in [6.45, 7) is 0.0438. The number of benzene rings is 3. The zero-order valence-corrected chi connectivity index (χ0v) is 20.9. The van der Waals surface area contributed by atoms with Gasteiger partial charge in [-0.1, -0.05) is 60.7 Å². The summed E-state index contributed by atoms with van der Waals surface area (Å²) in [6, 6.07) is 31.3. The Hall–Kier alpha value is -5.57. The molecule has 192 valence electrons. The number of anilines is 2. The Balaban J connectivity index is 1.21. The number of hydrogen-bond donors (Lipinski definition) is 3. The van der Waals surface area contributed by atoms with Crippen molar-refractivity contribution in [3.05, 3.63) is 120 Å². The predicted molar refractivity (Wildman–Crippen MR) is 152 cm³/mol. The lowest BCUT2D eigenvalue weighted by Crippen LogP contribution is -2.23. The molecule has 5 N–H and O–H groups in total. The molecule has 2 aromatic heterocycles. The summed E-state index contributed by atoms with van der Waals surface area (Å²) in [6.07, 6.45) is 1.59. The van der Waals surface area contributed by atoms with Crippen molar-refractivity contribution < 1.29 is 9.53 Å². The lowest BCUT2D eigenvalue weighted by Gasteiger charge is -2.12. The number of nitrogens with two attached hydrogens (primary N) is 2. The van der Waals surface area contributed by atoms with Crippen LogP contribution in [0.1, 0.15) is 15.9 Å². The molecule has 9 heteroatoms. The number of carbonyl (C=O) groups is 1. The summed E-state index contributed by atoms with van der Waals surface area (Å²) < 4.78 is 5.56. The summed E-state index contributed by atoms with van der Waals surface area (Å²) >= 11 is 0. The van der Waals surface area contributed by atoms with Gasteiger partial charge in [0.25, 0.3) is 0 Å². The summed E-state index contributed by atoms with van der Waals surface area (Å²) in [5, 5.41) is 11.4. The minimum Gasteiger partial charge on any atom is -0.457 e. The van der Waals surface area contributed by atoms with Gasteiger partial charge in [-0.05, 0) is 42.5 Å². The Kier molecular flexibility index (Phi) is 7.50. The van der Waals surface area contributed by atoms with E-state index in [9.17, 15) is 4.79 Å². The lowest BCUT2D eigenvalue weighted by molar-refractivity contribution is 0.0473. The minimum absolute atomic E-state index is 0.0438. The van der Waals surface area contributed by atoms with E-state index in [1.54, 1.807) is 30.5 Å². The predicted octanol–water partition coefficient (Wildman–Crippen LogP) is 5.20. The number of pyridine rings is 1. The second kappa shape index (κ2) is 11.7. The van der Waals surface area contributed by atoms with Crippen molar-refractivity contribution in [2.45, 2.75) is 6.61 Å². The van der Waals surface area contributed by atoms with Crippen molar-refractivity contribution in [1.82, 2.24) is 15.2 Å². The maximum atomic E-state index is 12.7. The van der Waals surface area contributed by atoms with Crippen LogP contribution in [0.3, 0.4) is 0 Å². The fraction of sp³-hybridized carbons (Fsp3) is 0.0333. The molecule has 0 aliphatic heterocycles. The average molecular weight is 516 g/mol. The number of hydrogen-bond acceptors (Lipinski definition) is 7. The number of rotatable bonds is 7. The molecule has 5 rings (SSSR count). The number of guanidine groups is 1. The molecule has 9 nitrogen and oxygen atoms in total. The van der Waals surface area contributed by atoms with Crippen LogP contribution in [-0.2, 0) is 11.3 Å². The van der Waals surface area contributed by atoms with E-state index in [-0.39, 0.29) is 12.6 Å². The van der Waals surface area contributed by atoms with E-state index in [4.69, 9.17) is 16.2 Å². The van der Waals surface area contributed by atoms with Gasteiger partial charge in [-0.25, -0.2) is 4.79 Å². The molecule has 3 aromatic carbocycles. The number of esters is 1. The highest BCUT2D eigenvalue weighted by Crippen LogP contribution is 2.21. The lowest BCUT2D eigenvalue weighted by atomic mass is 10.1. The number of para-hydroxylation sites is 1. The van der Waals surface area contributed by atoms with Crippen LogP contribution in [-0.4, -0.2) is 27.1 Å². The summed E-state index contributed by atoms with van der Waals surface area (Å²) in [4.78, 5) is 21.3. The van der Waals surface area contributed by atoms with Crippen molar-refractivity contribution in [2.75, 3.05) is 11.1 Å². The molecule has 0 unspecified atom stereocenters. The molecule has 5 aromatic rings. The van der Waals surface area contributed by atoms with Gasteiger partial charge < -0.3 is 21.5 Å². The first kappa shape index (κ1) is 25.1. The van der Waals surface area contributed by atoms with E-state index in [0.717, 1.165) is 28.1 Å². The standard InChI is InChI=1S/C30H25N7O2/c31-24-14-15-25(33-18-24)21-10-12-22(13-11-21)29(38)39-19-23-8-4-5-9-26(23)34-30(32)35-28-17-16-27(36-37-28)20-6-2-1-3-7-20/h1-18H,19,31H2,(H3,32,34,35,37). The van der Waals surface area contributed by atoms with E-state index in [1.165, 1.54) is 0 Å². The second-order valence-corrected chi connectivity index (χ2v) is 8.55. The van der Waals surface area contributed by atoms with Crippen molar-refractivity contribution >= 4 is 29.1 Å². The maximum Gasteiger partial charge on any atom is 0.338 e. The number of nitrogens with one attached hydrogen (secondary N) is 1. The molecule has 0 aliphatic rings. The minimum atomic E-state index is -0.447. The topological polar surface area (TPSA) is 141 Å². The van der Waals surface area contributed by atoms with Gasteiger partial charge in [-0.15, -0.1) is 10.2 Å². The fourth-order valence-electron chi connectivity index (χ4n) is 3.78. The smallest absolute Gasteiger partial charge is 0.338 e. The van der Waals surface area contributed by atoms with Crippen LogP contribution < -0.4 is 16.8 Å². The largest absolute Gasteiger partial charge is 0.457 e. The molecule has 0 fully saturated rings. The summed E-state index contributed by atoms with van der Waals surface area (Å²) in [7, 11) is 0. The van der Waals surface area contributed by atoms with E-state index in [0.29, 0.717) is 22.8 Å². The second-order valence-electron chi connectivity index (χ2n) is 8.55. The normalized spacial score (nSPS) is 11.1. The van der Waals surface area contributed by atoms with Crippen LogP contribution in [0.25, 0.3) is 22.5 Å². The van der Waals surface area contributed by atoms with Gasteiger partial charge in [0.1, 0.15) is 6.61 Å². The van der Waals surface area contributed by atoms with Crippen LogP contribution in [0, 0.1) is 0 Å². The van der Waals surface area contributed by atoms with Crippen LogP contribution in [0.4, 0.5) is 17.2 Å². The zero-order valence-electron chi connectivity index (χ0n) is 20.9. The highest BCUT2D eigenvalue weighted by molar-refractivity contribution is 5.94. The molecule has 0 atom stereocenters. The summed E-state index contributed by atoms with van der Waals surface area (Å²) in [5.74, 6) is 0.0423. The van der Waals surface area contributed by atoms with E-state index >= 15 is 0 Å². The van der Waals surface area contributed by atoms with Gasteiger partial charge in [0.05, 0.1) is 28.8 Å². The monoisotopic (exact) mass is 515 g/mol. The highest BCUT2D eigenvalue weighted by Gasteiger charge is 2.11. The Morgan fingerprint density at radius 3 is 2.23 bits per heavy atom. The molecule has 0 radical (unpaired) electrons. The van der Waals surface area contributed by atoms with E-state index < -0.39 is 5.97 Å². The molecule has 0 aliphatic carbocycles. The Morgan fingerprint density at radius 1 is 0.795 bits per heavy atom. The Bertz CT molecular complexity index is 1590. The SMILES string of the molecule is NC(=Nc1ccc(-c2ccccc2)nn1)Nc1ccccc1COC(=O)c1ccc(-c2ccc(N)cn2)cc1. The summed E-state index contributed by atoms with van der Waals surface area (Å²) in [5.41, 5.74) is 17.6. The first-order valence-electron chi connectivity index (χ1n) is 12.1. The molecule has 2 heterocycles. The first-order valence-corrected chi connectivity index (χ1v) is 12.1. The first-order chi connectivity index (χ1) is 19.0. The van der Waals surface area contributed by atoms with E-state index in [1.807, 2.05) is 78.9 Å². The van der Waals surface area contributed by atoms with Gasteiger partial charge in [0.15, 0.2) is 11.8 Å². The number of aliphatic imine (C=N–C) groups is 1. The molecule has 0 saturated heterocycles. The maximum absolute atomic E-state index is 12.7. The Morgan fingerprint density at radius 2 is 1.51 bits per heavy atom.